The highest BCUT2D eigenvalue weighted by Gasteiger charge is 2.03. The van der Waals surface area contributed by atoms with E-state index in [1.165, 1.54) is 5.56 Å². The van der Waals surface area contributed by atoms with E-state index >= 15 is 0 Å². The van der Waals surface area contributed by atoms with Gasteiger partial charge in [-0.15, -0.1) is 11.6 Å². The fraction of sp³-hybridized carbons (Fsp3) is 0.333. The molecular weight excluding hydrogens is 179 g/mol. The first kappa shape index (κ1) is 8.89. The second kappa shape index (κ2) is 3.46. The standard InChI is InChI=1S/C9H10Cl2/c1-6-3-4-9(11)7(2)8(6)5-10/h3-4H,5H2,1-2H3. The maximum atomic E-state index is 5.91. The normalized spacial score (nSPS) is 10.2. The summed E-state index contributed by atoms with van der Waals surface area (Å²) < 4.78 is 0. The van der Waals surface area contributed by atoms with Gasteiger partial charge in [0.2, 0.25) is 0 Å². The minimum Gasteiger partial charge on any atom is -0.122 e. The highest BCUT2D eigenvalue weighted by Crippen LogP contribution is 2.23. The molecule has 0 nitrogen and oxygen atoms in total. The van der Waals surface area contributed by atoms with Gasteiger partial charge < -0.3 is 0 Å². The number of aryl methyl sites for hydroxylation is 1. The van der Waals surface area contributed by atoms with Crippen molar-refractivity contribution in [3.63, 3.8) is 0 Å². The Bertz CT molecular complexity index is 267. The molecule has 1 aromatic carbocycles. The van der Waals surface area contributed by atoms with Crippen LogP contribution in [-0.2, 0) is 5.88 Å². The van der Waals surface area contributed by atoms with Crippen LogP contribution in [0.2, 0.25) is 5.02 Å². The summed E-state index contributed by atoms with van der Waals surface area (Å²) in [5.41, 5.74) is 3.46. The first-order valence-electron chi connectivity index (χ1n) is 3.47. The van der Waals surface area contributed by atoms with Gasteiger partial charge in [0, 0.05) is 10.9 Å². The molecule has 0 aliphatic carbocycles. The van der Waals surface area contributed by atoms with Gasteiger partial charge >= 0.3 is 0 Å². The van der Waals surface area contributed by atoms with Crippen LogP contribution in [0.25, 0.3) is 0 Å². The Hall–Kier alpha value is -0.200. The summed E-state index contributed by atoms with van der Waals surface area (Å²) in [5.74, 6) is 0.540. The smallest absolute Gasteiger partial charge is 0.0479 e. The van der Waals surface area contributed by atoms with Gasteiger partial charge in [0.25, 0.3) is 0 Å². The molecule has 60 valence electrons. The summed E-state index contributed by atoms with van der Waals surface area (Å²) in [7, 11) is 0. The lowest BCUT2D eigenvalue weighted by molar-refractivity contribution is 1.23. The second-order valence-electron chi connectivity index (χ2n) is 2.60. The third-order valence-electron chi connectivity index (χ3n) is 1.90. The summed E-state index contributed by atoms with van der Waals surface area (Å²) in [5, 5.41) is 0.797. The summed E-state index contributed by atoms with van der Waals surface area (Å²) in [6, 6.07) is 3.90. The van der Waals surface area contributed by atoms with Crippen LogP contribution >= 0.6 is 23.2 Å². The number of hydrogen-bond donors (Lipinski definition) is 0. The van der Waals surface area contributed by atoms with Crippen molar-refractivity contribution in [3.8, 4) is 0 Å². The van der Waals surface area contributed by atoms with Crippen molar-refractivity contribution in [2.45, 2.75) is 19.7 Å². The average molecular weight is 189 g/mol. The van der Waals surface area contributed by atoms with Gasteiger partial charge in [0.05, 0.1) is 0 Å². The molecule has 0 amide bonds. The maximum Gasteiger partial charge on any atom is 0.0479 e. The number of halogens is 2. The maximum absolute atomic E-state index is 5.91. The van der Waals surface area contributed by atoms with Crippen LogP contribution in [0, 0.1) is 13.8 Å². The molecule has 0 N–H and O–H groups in total. The van der Waals surface area contributed by atoms with Crippen molar-refractivity contribution in [2.24, 2.45) is 0 Å². The van der Waals surface area contributed by atoms with E-state index in [0.717, 1.165) is 16.1 Å². The Kier molecular flexibility index (Phi) is 2.80. The van der Waals surface area contributed by atoms with Crippen LogP contribution in [0.4, 0.5) is 0 Å². The van der Waals surface area contributed by atoms with Crippen LogP contribution < -0.4 is 0 Å². The lowest BCUT2D eigenvalue weighted by Gasteiger charge is -2.07. The van der Waals surface area contributed by atoms with Crippen molar-refractivity contribution in [1.82, 2.24) is 0 Å². The molecule has 11 heavy (non-hydrogen) atoms. The van der Waals surface area contributed by atoms with E-state index in [4.69, 9.17) is 23.2 Å². The SMILES string of the molecule is Cc1ccc(Cl)c(C)c1CCl. The fourth-order valence-corrected chi connectivity index (χ4v) is 1.66. The molecule has 0 unspecified atom stereocenters. The highest BCUT2D eigenvalue weighted by atomic mass is 35.5. The summed E-state index contributed by atoms with van der Waals surface area (Å²) in [4.78, 5) is 0. The molecule has 0 aliphatic rings. The van der Waals surface area contributed by atoms with E-state index in [0.29, 0.717) is 5.88 Å². The van der Waals surface area contributed by atoms with Crippen LogP contribution in [0.5, 0.6) is 0 Å². The van der Waals surface area contributed by atoms with E-state index in [2.05, 4.69) is 0 Å². The van der Waals surface area contributed by atoms with Gasteiger partial charge in [-0.3, -0.25) is 0 Å². The van der Waals surface area contributed by atoms with E-state index in [1.807, 2.05) is 26.0 Å². The molecule has 1 rings (SSSR count). The molecule has 1 aromatic rings. The molecule has 0 bridgehead atoms. The Labute approximate surface area is 77.1 Å². The van der Waals surface area contributed by atoms with Gasteiger partial charge in [-0.25, -0.2) is 0 Å². The number of hydrogen-bond acceptors (Lipinski definition) is 0. The monoisotopic (exact) mass is 188 g/mol. The molecule has 0 radical (unpaired) electrons. The van der Waals surface area contributed by atoms with Crippen molar-refractivity contribution in [1.29, 1.82) is 0 Å². The first-order chi connectivity index (χ1) is 5.16. The van der Waals surface area contributed by atoms with E-state index in [1.54, 1.807) is 0 Å². The minimum atomic E-state index is 0.540. The highest BCUT2D eigenvalue weighted by molar-refractivity contribution is 6.31. The molecule has 0 aromatic heterocycles. The van der Waals surface area contributed by atoms with E-state index in [-0.39, 0.29) is 0 Å². The van der Waals surface area contributed by atoms with Crippen molar-refractivity contribution in [2.75, 3.05) is 0 Å². The van der Waals surface area contributed by atoms with Crippen LogP contribution in [0.15, 0.2) is 12.1 Å². The number of benzene rings is 1. The largest absolute Gasteiger partial charge is 0.122 e. The molecule has 2 heteroatoms. The molecule has 0 atom stereocenters. The van der Waals surface area contributed by atoms with Gasteiger partial charge in [0.1, 0.15) is 0 Å². The fourth-order valence-electron chi connectivity index (χ4n) is 1.07. The lowest BCUT2D eigenvalue weighted by atomic mass is 10.1. The van der Waals surface area contributed by atoms with Crippen molar-refractivity contribution in [3.05, 3.63) is 33.8 Å². The number of alkyl halides is 1. The summed E-state index contributed by atoms with van der Waals surface area (Å²) in [6.07, 6.45) is 0. The lowest BCUT2D eigenvalue weighted by Crippen LogP contribution is -1.90. The Morgan fingerprint density at radius 2 is 1.91 bits per heavy atom. The predicted molar refractivity (Wildman–Crippen MR) is 50.5 cm³/mol. The Morgan fingerprint density at radius 1 is 1.27 bits per heavy atom. The van der Waals surface area contributed by atoms with Gasteiger partial charge in [0.15, 0.2) is 0 Å². The molecule has 0 fully saturated rings. The minimum absolute atomic E-state index is 0.540. The quantitative estimate of drug-likeness (QED) is 0.591. The zero-order valence-electron chi connectivity index (χ0n) is 6.62. The van der Waals surface area contributed by atoms with Gasteiger partial charge in [-0.1, -0.05) is 17.7 Å². The van der Waals surface area contributed by atoms with E-state index in [9.17, 15) is 0 Å². The molecule has 0 saturated carbocycles. The van der Waals surface area contributed by atoms with Crippen LogP contribution in [-0.4, -0.2) is 0 Å². The summed E-state index contributed by atoms with van der Waals surface area (Å²) >= 11 is 11.7. The van der Waals surface area contributed by atoms with Crippen molar-refractivity contribution >= 4 is 23.2 Å². The molecule has 0 heterocycles. The summed E-state index contributed by atoms with van der Waals surface area (Å²) in [6.45, 7) is 4.04. The average Bonchev–Trinajstić information content (AvgIpc) is 1.99. The first-order valence-corrected chi connectivity index (χ1v) is 4.38. The Morgan fingerprint density at radius 3 is 2.36 bits per heavy atom. The van der Waals surface area contributed by atoms with Gasteiger partial charge in [-0.2, -0.15) is 0 Å². The predicted octanol–water partition coefficient (Wildman–Crippen LogP) is 3.70. The molecule has 0 saturated heterocycles. The van der Waals surface area contributed by atoms with Crippen LogP contribution in [0.3, 0.4) is 0 Å². The molecular formula is C9H10Cl2. The topological polar surface area (TPSA) is 0 Å². The molecule has 0 aliphatic heterocycles. The third-order valence-corrected chi connectivity index (χ3v) is 2.58. The van der Waals surface area contributed by atoms with Gasteiger partial charge in [-0.05, 0) is 36.6 Å². The number of rotatable bonds is 1. The zero-order valence-corrected chi connectivity index (χ0v) is 8.13. The Balaban J connectivity index is 3.29. The molecule has 0 spiro atoms. The van der Waals surface area contributed by atoms with E-state index < -0.39 is 0 Å². The third kappa shape index (κ3) is 1.69. The second-order valence-corrected chi connectivity index (χ2v) is 3.28. The zero-order chi connectivity index (χ0) is 8.43. The van der Waals surface area contributed by atoms with Crippen molar-refractivity contribution < 1.29 is 0 Å². The van der Waals surface area contributed by atoms with Crippen LogP contribution in [0.1, 0.15) is 16.7 Å².